The predicted molar refractivity (Wildman–Crippen MR) is 114 cm³/mol. The van der Waals surface area contributed by atoms with Crippen molar-refractivity contribution in [2.45, 2.75) is 83.0 Å². The third-order valence-electron chi connectivity index (χ3n) is 5.05. The Labute approximate surface area is 171 Å². The van der Waals surface area contributed by atoms with Crippen LogP contribution < -0.4 is 0 Å². The molecule has 5 nitrogen and oxygen atoms in total. The smallest absolute Gasteiger partial charge is 0.258 e. The zero-order valence-electron chi connectivity index (χ0n) is 17.5. The number of rotatable bonds is 14. The van der Waals surface area contributed by atoms with Crippen LogP contribution in [0.15, 0.2) is 47.1 Å². The number of hydrazine groups is 1. The van der Waals surface area contributed by atoms with Gasteiger partial charge >= 0.3 is 0 Å². The lowest BCUT2D eigenvalue weighted by Gasteiger charge is -2.29. The van der Waals surface area contributed by atoms with Gasteiger partial charge in [-0.05, 0) is 31.6 Å². The summed E-state index contributed by atoms with van der Waals surface area (Å²) >= 11 is 0. The van der Waals surface area contributed by atoms with Crippen LogP contribution in [0.3, 0.4) is 0 Å². The summed E-state index contributed by atoms with van der Waals surface area (Å²) < 4.78 is 27.6. The highest BCUT2D eigenvalue weighted by Crippen LogP contribution is 2.23. The lowest BCUT2D eigenvalue weighted by Crippen LogP contribution is -2.45. The Kier molecular flexibility index (Phi) is 10.0. The number of sulfonamides is 1. The van der Waals surface area contributed by atoms with Crippen molar-refractivity contribution in [3.8, 4) is 0 Å². The monoisotopic (exact) mass is 408 g/mol. The van der Waals surface area contributed by atoms with E-state index in [0.717, 1.165) is 25.0 Å². The topological polar surface area (TPSA) is 49.9 Å². The van der Waals surface area contributed by atoms with Crippen LogP contribution in [0.4, 0.5) is 0 Å². The van der Waals surface area contributed by atoms with E-state index < -0.39 is 10.0 Å². The van der Waals surface area contributed by atoms with Crippen molar-refractivity contribution >= 4 is 10.0 Å². The first kappa shape index (κ1) is 22.9. The van der Waals surface area contributed by atoms with Gasteiger partial charge in [0.15, 0.2) is 0 Å². The number of hydroxylamine groups is 1. The summed E-state index contributed by atoms with van der Waals surface area (Å²) in [5, 5.41) is 1.46. The number of allylic oxidation sites excluding steroid dienone is 1. The zero-order valence-corrected chi connectivity index (χ0v) is 18.3. The van der Waals surface area contributed by atoms with E-state index >= 15 is 0 Å². The Morgan fingerprint density at radius 2 is 1.50 bits per heavy atom. The highest BCUT2D eigenvalue weighted by Gasteiger charge is 2.32. The third-order valence-corrected chi connectivity index (χ3v) is 6.84. The minimum atomic E-state index is -3.62. The molecule has 1 aliphatic rings. The van der Waals surface area contributed by atoms with Crippen LogP contribution in [-0.2, 0) is 14.9 Å². The molecule has 0 saturated carbocycles. The van der Waals surface area contributed by atoms with Crippen molar-refractivity contribution in [2.24, 2.45) is 0 Å². The molecular formula is C22H36N2O3S. The van der Waals surface area contributed by atoms with Crippen molar-refractivity contribution in [2.75, 3.05) is 13.1 Å². The summed E-state index contributed by atoms with van der Waals surface area (Å²) in [5.41, 5.74) is 0. The van der Waals surface area contributed by atoms with Gasteiger partial charge in [-0.2, -0.15) is 0 Å². The first-order valence-electron chi connectivity index (χ1n) is 10.8. The van der Waals surface area contributed by atoms with Crippen molar-refractivity contribution in [3.05, 3.63) is 42.2 Å². The van der Waals surface area contributed by atoms with Crippen molar-refractivity contribution < 1.29 is 13.3 Å². The molecule has 0 aliphatic carbocycles. The Hall–Kier alpha value is -1.37. The fourth-order valence-corrected chi connectivity index (χ4v) is 4.84. The number of nitrogens with zero attached hydrogens (tertiary/aromatic N) is 2. The molecule has 0 N–H and O–H groups in total. The van der Waals surface area contributed by atoms with E-state index in [-0.39, 0.29) is 0 Å². The van der Waals surface area contributed by atoms with Crippen LogP contribution in [0.1, 0.15) is 78.1 Å². The first-order valence-corrected chi connectivity index (χ1v) is 12.2. The van der Waals surface area contributed by atoms with Gasteiger partial charge in [0.1, 0.15) is 5.76 Å². The molecule has 1 aliphatic heterocycles. The largest absolute Gasteiger partial charge is 0.395 e. The average molecular weight is 409 g/mol. The molecule has 1 heterocycles. The molecule has 0 atom stereocenters. The summed E-state index contributed by atoms with van der Waals surface area (Å²) in [7, 11) is -3.62. The molecule has 0 radical (unpaired) electrons. The Bertz CT molecular complexity index is 689. The Balaban J connectivity index is 1.80. The van der Waals surface area contributed by atoms with E-state index in [1.54, 1.807) is 24.3 Å². The number of hydrogen-bond acceptors (Lipinski definition) is 4. The number of hydrogen-bond donors (Lipinski definition) is 0. The lowest BCUT2D eigenvalue weighted by atomic mass is 10.1. The Morgan fingerprint density at radius 3 is 2.04 bits per heavy atom. The van der Waals surface area contributed by atoms with E-state index in [0.29, 0.717) is 18.0 Å². The fourth-order valence-electron chi connectivity index (χ4n) is 3.38. The van der Waals surface area contributed by atoms with Crippen LogP contribution in [-0.4, -0.2) is 31.1 Å². The molecule has 1 aromatic carbocycles. The predicted octanol–water partition coefficient (Wildman–Crippen LogP) is 5.66. The van der Waals surface area contributed by atoms with Crippen molar-refractivity contribution in [1.82, 2.24) is 9.59 Å². The summed E-state index contributed by atoms with van der Waals surface area (Å²) in [4.78, 5) is 5.92. The van der Waals surface area contributed by atoms with E-state index in [1.807, 2.05) is 19.1 Å². The van der Waals surface area contributed by atoms with Gasteiger partial charge in [-0.15, -0.1) is 0 Å². The van der Waals surface area contributed by atoms with Gasteiger partial charge in [0, 0.05) is 6.54 Å². The van der Waals surface area contributed by atoms with Gasteiger partial charge in [-0.3, -0.25) is 0 Å². The summed E-state index contributed by atoms with van der Waals surface area (Å²) in [6.07, 6.45) is 14.1. The second-order valence-corrected chi connectivity index (χ2v) is 9.33. The molecule has 28 heavy (non-hydrogen) atoms. The molecule has 6 heteroatoms. The lowest BCUT2D eigenvalue weighted by molar-refractivity contribution is -0.197. The van der Waals surface area contributed by atoms with Crippen LogP contribution in [0.5, 0.6) is 0 Å². The molecule has 0 amide bonds. The molecule has 0 fully saturated rings. The molecule has 0 bridgehead atoms. The van der Waals surface area contributed by atoms with Gasteiger partial charge in [-0.1, -0.05) is 92.5 Å². The minimum Gasteiger partial charge on any atom is -0.395 e. The summed E-state index contributed by atoms with van der Waals surface area (Å²) in [6, 6.07) is 8.60. The second kappa shape index (κ2) is 12.2. The molecule has 2 rings (SSSR count). The fraction of sp³-hybridized carbons (Fsp3) is 0.636. The average Bonchev–Trinajstić information content (AvgIpc) is 3.12. The van der Waals surface area contributed by atoms with E-state index in [1.165, 1.54) is 54.5 Å². The van der Waals surface area contributed by atoms with Crippen molar-refractivity contribution in [1.29, 1.82) is 0 Å². The minimum absolute atomic E-state index is 0.301. The first-order chi connectivity index (χ1) is 13.6. The summed E-state index contributed by atoms with van der Waals surface area (Å²) in [5.74, 6) is 0.733. The van der Waals surface area contributed by atoms with Gasteiger partial charge in [0.05, 0.1) is 11.4 Å². The van der Waals surface area contributed by atoms with Gasteiger partial charge in [0.25, 0.3) is 10.0 Å². The van der Waals surface area contributed by atoms with Gasteiger partial charge in [-0.25, -0.2) is 8.42 Å². The highest BCUT2D eigenvalue weighted by molar-refractivity contribution is 7.89. The molecule has 0 aromatic heterocycles. The van der Waals surface area contributed by atoms with Crippen LogP contribution in [0, 0.1) is 0 Å². The standard InChI is InChI=1S/C22H36N2O3S/c1-3-4-5-6-7-8-9-10-11-15-19-24(23-20-18-21(2)27-23)28(25,26)22-16-13-12-14-17-22/h12-14,16-18H,3-11,15,19-20H2,1-2H3. The number of benzene rings is 1. The third kappa shape index (κ3) is 7.22. The molecule has 0 unspecified atom stereocenters. The normalized spacial score (nSPS) is 15.0. The maximum atomic E-state index is 13.1. The zero-order chi connectivity index (χ0) is 20.2. The van der Waals surface area contributed by atoms with Crippen LogP contribution in [0.2, 0.25) is 0 Å². The quantitative estimate of drug-likeness (QED) is 0.372. The Morgan fingerprint density at radius 1 is 0.929 bits per heavy atom. The van der Waals surface area contributed by atoms with Gasteiger partial charge in [0.2, 0.25) is 0 Å². The van der Waals surface area contributed by atoms with Gasteiger partial charge < -0.3 is 4.84 Å². The highest BCUT2D eigenvalue weighted by atomic mass is 32.2. The van der Waals surface area contributed by atoms with Crippen LogP contribution in [0.25, 0.3) is 0 Å². The van der Waals surface area contributed by atoms with E-state index in [4.69, 9.17) is 4.84 Å². The maximum absolute atomic E-state index is 13.1. The maximum Gasteiger partial charge on any atom is 0.258 e. The number of unbranched alkanes of at least 4 members (excludes halogenated alkanes) is 9. The molecule has 0 saturated heterocycles. The molecule has 158 valence electrons. The van der Waals surface area contributed by atoms with Crippen LogP contribution >= 0.6 is 0 Å². The van der Waals surface area contributed by atoms with Crippen molar-refractivity contribution in [3.63, 3.8) is 0 Å². The van der Waals surface area contributed by atoms with E-state index in [9.17, 15) is 8.42 Å². The molecule has 0 spiro atoms. The summed E-state index contributed by atoms with van der Waals surface area (Å²) in [6.45, 7) is 4.98. The molecule has 1 aromatic rings. The molecular weight excluding hydrogens is 372 g/mol. The van der Waals surface area contributed by atoms with E-state index in [2.05, 4.69) is 6.92 Å². The SMILES string of the molecule is CCCCCCCCCCCCN(N1CC=C(C)O1)S(=O)(=O)c1ccccc1. The second-order valence-electron chi connectivity index (χ2n) is 7.49.